The Morgan fingerprint density at radius 2 is 2.15 bits per heavy atom. The third kappa shape index (κ3) is 2.38. The van der Waals surface area contributed by atoms with Crippen LogP contribution in [0.1, 0.15) is 11.7 Å². The molecule has 0 saturated carbocycles. The molecule has 2 atom stereocenters. The second-order valence-electron chi connectivity index (χ2n) is 2.71. The lowest BCUT2D eigenvalue weighted by atomic mass is 10.1. The molecule has 0 bridgehead atoms. The molecule has 0 spiro atoms. The SMILES string of the molecule is Nc1cc(C(O)C(O)CO)ccn1. The largest absolute Gasteiger partial charge is 0.394 e. The number of nitrogens with two attached hydrogens (primary N) is 1. The van der Waals surface area contributed by atoms with Crippen LogP contribution < -0.4 is 5.73 Å². The van der Waals surface area contributed by atoms with Gasteiger partial charge in [-0.2, -0.15) is 0 Å². The number of anilines is 1. The van der Waals surface area contributed by atoms with Gasteiger partial charge in [-0.25, -0.2) is 4.98 Å². The van der Waals surface area contributed by atoms with E-state index in [9.17, 15) is 5.11 Å². The van der Waals surface area contributed by atoms with Gasteiger partial charge in [-0.3, -0.25) is 0 Å². The van der Waals surface area contributed by atoms with E-state index < -0.39 is 18.8 Å². The number of hydrogen-bond acceptors (Lipinski definition) is 5. The molecule has 0 aliphatic rings. The Morgan fingerprint density at radius 1 is 1.46 bits per heavy atom. The van der Waals surface area contributed by atoms with Gasteiger partial charge in [0.1, 0.15) is 18.0 Å². The summed E-state index contributed by atoms with van der Waals surface area (Å²) in [4.78, 5) is 3.73. The minimum atomic E-state index is -1.19. The average Bonchev–Trinajstić information content (AvgIpc) is 2.15. The molecule has 72 valence electrons. The van der Waals surface area contributed by atoms with Gasteiger partial charge >= 0.3 is 0 Å². The Hall–Kier alpha value is -1.17. The molecule has 0 aliphatic carbocycles. The molecule has 13 heavy (non-hydrogen) atoms. The normalized spacial score (nSPS) is 15.3. The van der Waals surface area contributed by atoms with Crippen molar-refractivity contribution in [1.29, 1.82) is 0 Å². The lowest BCUT2D eigenvalue weighted by molar-refractivity contribution is -0.0152. The Labute approximate surface area is 75.5 Å². The highest BCUT2D eigenvalue weighted by molar-refractivity contribution is 5.33. The predicted octanol–water partition coefficient (Wildman–Crippen LogP) is -0.950. The molecular weight excluding hydrogens is 172 g/mol. The highest BCUT2D eigenvalue weighted by atomic mass is 16.4. The van der Waals surface area contributed by atoms with Crippen LogP contribution in [0.5, 0.6) is 0 Å². The van der Waals surface area contributed by atoms with Crippen LogP contribution >= 0.6 is 0 Å². The van der Waals surface area contributed by atoms with Gasteiger partial charge in [-0.05, 0) is 17.7 Å². The second kappa shape index (κ2) is 4.18. The molecule has 2 unspecified atom stereocenters. The average molecular weight is 184 g/mol. The molecule has 1 aromatic rings. The van der Waals surface area contributed by atoms with E-state index in [4.69, 9.17) is 15.9 Å². The van der Waals surface area contributed by atoms with E-state index in [1.807, 2.05) is 0 Å². The topological polar surface area (TPSA) is 99.6 Å². The molecule has 5 nitrogen and oxygen atoms in total. The molecule has 0 fully saturated rings. The van der Waals surface area contributed by atoms with Crippen molar-refractivity contribution in [3.8, 4) is 0 Å². The Balaban J connectivity index is 2.82. The number of aromatic nitrogens is 1. The number of aliphatic hydroxyl groups excluding tert-OH is 3. The van der Waals surface area contributed by atoms with Crippen molar-refractivity contribution in [2.75, 3.05) is 12.3 Å². The van der Waals surface area contributed by atoms with Crippen LogP contribution in [0.15, 0.2) is 18.3 Å². The van der Waals surface area contributed by atoms with Crippen molar-refractivity contribution >= 4 is 5.82 Å². The number of pyridine rings is 1. The molecule has 0 radical (unpaired) electrons. The summed E-state index contributed by atoms with van der Waals surface area (Å²) in [6.07, 6.45) is -0.894. The van der Waals surface area contributed by atoms with Crippen LogP contribution in [0, 0.1) is 0 Å². The zero-order chi connectivity index (χ0) is 9.84. The molecule has 0 aromatic carbocycles. The smallest absolute Gasteiger partial charge is 0.123 e. The third-order valence-corrected chi connectivity index (χ3v) is 1.70. The predicted molar refractivity (Wildman–Crippen MR) is 46.7 cm³/mol. The zero-order valence-electron chi connectivity index (χ0n) is 6.96. The monoisotopic (exact) mass is 184 g/mol. The van der Waals surface area contributed by atoms with Crippen LogP contribution in [-0.4, -0.2) is 33.0 Å². The molecule has 5 N–H and O–H groups in total. The van der Waals surface area contributed by atoms with E-state index in [-0.39, 0.29) is 5.82 Å². The van der Waals surface area contributed by atoms with Gasteiger partial charge in [0, 0.05) is 6.20 Å². The van der Waals surface area contributed by atoms with Gasteiger partial charge in [0.15, 0.2) is 0 Å². The number of nitrogens with zero attached hydrogens (tertiary/aromatic N) is 1. The molecule has 0 aliphatic heterocycles. The Kier molecular flexibility index (Phi) is 3.18. The van der Waals surface area contributed by atoms with Crippen molar-refractivity contribution in [3.63, 3.8) is 0 Å². The molecule has 1 aromatic heterocycles. The van der Waals surface area contributed by atoms with Crippen molar-refractivity contribution in [2.24, 2.45) is 0 Å². The summed E-state index contributed by atoms with van der Waals surface area (Å²) in [7, 11) is 0. The summed E-state index contributed by atoms with van der Waals surface area (Å²) in [6, 6.07) is 2.98. The molecular formula is C8H12N2O3. The van der Waals surface area contributed by atoms with Gasteiger partial charge in [-0.15, -0.1) is 0 Å². The zero-order valence-corrected chi connectivity index (χ0v) is 6.96. The fourth-order valence-electron chi connectivity index (χ4n) is 0.972. The van der Waals surface area contributed by atoms with E-state index in [1.165, 1.54) is 18.3 Å². The van der Waals surface area contributed by atoms with Crippen molar-refractivity contribution in [1.82, 2.24) is 4.98 Å². The molecule has 5 heteroatoms. The summed E-state index contributed by atoms with van der Waals surface area (Å²) >= 11 is 0. The van der Waals surface area contributed by atoms with E-state index in [1.54, 1.807) is 0 Å². The van der Waals surface area contributed by atoms with Crippen LogP contribution in [0.25, 0.3) is 0 Å². The fraction of sp³-hybridized carbons (Fsp3) is 0.375. The van der Waals surface area contributed by atoms with E-state index >= 15 is 0 Å². The van der Waals surface area contributed by atoms with Crippen molar-refractivity contribution < 1.29 is 15.3 Å². The quantitative estimate of drug-likeness (QED) is 0.485. The highest BCUT2D eigenvalue weighted by Crippen LogP contribution is 2.17. The summed E-state index contributed by atoms with van der Waals surface area (Å²) in [5, 5.41) is 27.1. The molecule has 0 amide bonds. The molecule has 1 heterocycles. The number of rotatable bonds is 3. The Morgan fingerprint density at radius 3 is 2.69 bits per heavy atom. The van der Waals surface area contributed by atoms with Gasteiger partial charge in [-0.1, -0.05) is 0 Å². The third-order valence-electron chi connectivity index (χ3n) is 1.70. The van der Waals surface area contributed by atoms with E-state index in [2.05, 4.69) is 4.98 Å². The molecule has 0 saturated heterocycles. The first-order chi connectivity index (χ1) is 6.15. The van der Waals surface area contributed by atoms with Gasteiger partial charge in [0.05, 0.1) is 6.61 Å². The Bertz CT molecular complexity index is 280. The van der Waals surface area contributed by atoms with Gasteiger partial charge in [0.2, 0.25) is 0 Å². The summed E-state index contributed by atoms with van der Waals surface area (Å²) in [5.41, 5.74) is 5.81. The summed E-state index contributed by atoms with van der Waals surface area (Å²) in [6.45, 7) is -0.497. The fourth-order valence-corrected chi connectivity index (χ4v) is 0.972. The van der Waals surface area contributed by atoms with E-state index in [0.29, 0.717) is 5.56 Å². The maximum Gasteiger partial charge on any atom is 0.123 e. The number of hydrogen-bond donors (Lipinski definition) is 4. The highest BCUT2D eigenvalue weighted by Gasteiger charge is 2.17. The second-order valence-corrected chi connectivity index (χ2v) is 2.71. The first kappa shape index (κ1) is 9.91. The summed E-state index contributed by atoms with van der Waals surface area (Å²) in [5.74, 6) is 0.265. The standard InChI is InChI=1S/C8H12N2O3/c9-7-3-5(1-2-10-7)8(13)6(12)4-11/h1-3,6,8,11-13H,4H2,(H2,9,10). The van der Waals surface area contributed by atoms with Gasteiger partial charge in [0.25, 0.3) is 0 Å². The number of nitrogen functional groups attached to an aromatic ring is 1. The first-order valence-electron chi connectivity index (χ1n) is 3.83. The van der Waals surface area contributed by atoms with Crippen LogP contribution in [0.3, 0.4) is 0 Å². The number of aliphatic hydroxyl groups is 3. The lowest BCUT2D eigenvalue weighted by Crippen LogP contribution is -2.22. The van der Waals surface area contributed by atoms with Crippen molar-refractivity contribution in [3.05, 3.63) is 23.9 Å². The van der Waals surface area contributed by atoms with Crippen LogP contribution in [0.4, 0.5) is 5.82 Å². The molecule has 1 rings (SSSR count). The van der Waals surface area contributed by atoms with Crippen LogP contribution in [0.2, 0.25) is 0 Å². The lowest BCUT2D eigenvalue weighted by Gasteiger charge is -2.15. The van der Waals surface area contributed by atoms with Crippen molar-refractivity contribution in [2.45, 2.75) is 12.2 Å². The maximum absolute atomic E-state index is 9.42. The van der Waals surface area contributed by atoms with E-state index in [0.717, 1.165) is 0 Å². The summed E-state index contributed by atoms with van der Waals surface area (Å²) < 4.78 is 0. The minimum Gasteiger partial charge on any atom is -0.394 e. The minimum absolute atomic E-state index is 0.265. The maximum atomic E-state index is 9.42. The van der Waals surface area contributed by atoms with Gasteiger partial charge < -0.3 is 21.1 Å². The first-order valence-corrected chi connectivity index (χ1v) is 3.83. The van der Waals surface area contributed by atoms with Crippen LogP contribution in [-0.2, 0) is 0 Å².